The van der Waals surface area contributed by atoms with Crippen molar-refractivity contribution in [3.05, 3.63) is 78.0 Å². The highest BCUT2D eigenvalue weighted by Crippen LogP contribution is 2.19. The molecule has 0 saturated carbocycles. The molecule has 0 aliphatic carbocycles. The minimum absolute atomic E-state index is 0.102. The van der Waals surface area contributed by atoms with Crippen LogP contribution in [0.3, 0.4) is 0 Å². The van der Waals surface area contributed by atoms with Gasteiger partial charge >= 0.3 is 0 Å². The Kier molecular flexibility index (Phi) is 5.80. The van der Waals surface area contributed by atoms with E-state index in [0.29, 0.717) is 5.69 Å². The predicted molar refractivity (Wildman–Crippen MR) is 108 cm³/mol. The number of morpholine rings is 1. The maximum Gasteiger partial charge on any atom is 0.269 e. The molecule has 1 unspecified atom stereocenters. The predicted octanol–water partition coefficient (Wildman–Crippen LogP) is 2.88. The van der Waals surface area contributed by atoms with Crippen molar-refractivity contribution < 1.29 is 9.53 Å². The summed E-state index contributed by atoms with van der Waals surface area (Å²) in [5.41, 5.74) is 3.29. The third-order valence-electron chi connectivity index (χ3n) is 4.94. The maximum atomic E-state index is 12.9. The molecule has 2 heterocycles. The lowest BCUT2D eigenvalue weighted by Gasteiger charge is -2.31. The van der Waals surface area contributed by atoms with Crippen LogP contribution < -0.4 is 5.32 Å². The SMILES string of the molecule is O=C(NC(CN1CCOCC1)c1ccccc1)c1cc(-c2ccccc2)n[nH]1. The van der Waals surface area contributed by atoms with Gasteiger partial charge in [-0.1, -0.05) is 60.7 Å². The number of amides is 1. The first-order valence-electron chi connectivity index (χ1n) is 9.56. The van der Waals surface area contributed by atoms with Crippen molar-refractivity contribution in [2.75, 3.05) is 32.8 Å². The molecule has 28 heavy (non-hydrogen) atoms. The molecule has 1 saturated heterocycles. The van der Waals surface area contributed by atoms with E-state index in [2.05, 4.69) is 20.4 Å². The normalized spacial score (nSPS) is 15.9. The number of carbonyl (C=O) groups is 1. The Bertz CT molecular complexity index is 889. The number of H-pyrrole nitrogens is 1. The fourth-order valence-electron chi connectivity index (χ4n) is 3.39. The number of carbonyl (C=O) groups excluding carboxylic acids is 1. The van der Waals surface area contributed by atoms with Gasteiger partial charge in [0.15, 0.2) is 0 Å². The van der Waals surface area contributed by atoms with Crippen LogP contribution >= 0.6 is 0 Å². The third kappa shape index (κ3) is 4.47. The highest BCUT2D eigenvalue weighted by molar-refractivity contribution is 5.93. The van der Waals surface area contributed by atoms with Crippen LogP contribution in [0.4, 0.5) is 0 Å². The van der Waals surface area contributed by atoms with E-state index in [0.717, 1.165) is 49.7 Å². The van der Waals surface area contributed by atoms with Gasteiger partial charge in [-0.2, -0.15) is 5.10 Å². The molecule has 4 rings (SSSR count). The van der Waals surface area contributed by atoms with Crippen LogP contribution in [0.5, 0.6) is 0 Å². The van der Waals surface area contributed by atoms with Crippen molar-refractivity contribution in [1.82, 2.24) is 20.4 Å². The van der Waals surface area contributed by atoms with Crippen LogP contribution in [0.2, 0.25) is 0 Å². The molecule has 1 atom stereocenters. The zero-order valence-electron chi connectivity index (χ0n) is 15.7. The summed E-state index contributed by atoms with van der Waals surface area (Å²) in [6, 6.07) is 21.6. The van der Waals surface area contributed by atoms with E-state index < -0.39 is 0 Å². The van der Waals surface area contributed by atoms with Crippen molar-refractivity contribution in [2.24, 2.45) is 0 Å². The average Bonchev–Trinajstić information content (AvgIpc) is 3.26. The minimum Gasteiger partial charge on any atom is -0.379 e. The summed E-state index contributed by atoms with van der Waals surface area (Å²) in [4.78, 5) is 15.2. The van der Waals surface area contributed by atoms with Gasteiger partial charge in [0.1, 0.15) is 5.69 Å². The summed E-state index contributed by atoms with van der Waals surface area (Å²) in [6.07, 6.45) is 0. The second-order valence-electron chi connectivity index (χ2n) is 6.88. The first-order chi connectivity index (χ1) is 13.8. The lowest BCUT2D eigenvalue weighted by atomic mass is 10.1. The molecular weight excluding hydrogens is 352 g/mol. The monoisotopic (exact) mass is 376 g/mol. The Morgan fingerprint density at radius 2 is 1.75 bits per heavy atom. The molecule has 3 aromatic rings. The van der Waals surface area contributed by atoms with E-state index in [1.54, 1.807) is 6.07 Å². The summed E-state index contributed by atoms with van der Waals surface area (Å²) in [5.74, 6) is -0.156. The van der Waals surface area contributed by atoms with Crippen molar-refractivity contribution in [3.63, 3.8) is 0 Å². The molecule has 1 fully saturated rings. The number of hydrogen-bond acceptors (Lipinski definition) is 4. The minimum atomic E-state index is -0.156. The number of nitrogens with one attached hydrogen (secondary N) is 2. The summed E-state index contributed by atoms with van der Waals surface area (Å²) < 4.78 is 5.44. The molecular formula is C22H24N4O2. The van der Waals surface area contributed by atoms with Gasteiger partial charge in [0, 0.05) is 25.2 Å². The van der Waals surface area contributed by atoms with Crippen LogP contribution in [-0.4, -0.2) is 53.9 Å². The number of aromatic amines is 1. The summed E-state index contributed by atoms with van der Waals surface area (Å²) in [5, 5.41) is 10.3. The molecule has 2 N–H and O–H groups in total. The fourth-order valence-corrected chi connectivity index (χ4v) is 3.39. The molecule has 144 valence electrons. The number of benzene rings is 2. The molecule has 1 aliphatic rings. The summed E-state index contributed by atoms with van der Waals surface area (Å²) in [6.45, 7) is 3.97. The zero-order valence-corrected chi connectivity index (χ0v) is 15.7. The highest BCUT2D eigenvalue weighted by Gasteiger charge is 2.21. The molecule has 2 aromatic carbocycles. The van der Waals surface area contributed by atoms with Gasteiger partial charge in [-0.3, -0.25) is 14.8 Å². The lowest BCUT2D eigenvalue weighted by molar-refractivity contribution is 0.0332. The molecule has 1 aliphatic heterocycles. The second kappa shape index (κ2) is 8.82. The quantitative estimate of drug-likeness (QED) is 0.694. The van der Waals surface area contributed by atoms with Gasteiger partial charge in [-0.15, -0.1) is 0 Å². The van der Waals surface area contributed by atoms with Crippen LogP contribution in [0.1, 0.15) is 22.1 Å². The summed E-state index contributed by atoms with van der Waals surface area (Å²) in [7, 11) is 0. The van der Waals surface area contributed by atoms with E-state index in [1.165, 1.54) is 0 Å². The largest absolute Gasteiger partial charge is 0.379 e. The molecule has 6 heteroatoms. The smallest absolute Gasteiger partial charge is 0.269 e. The van der Waals surface area contributed by atoms with Gasteiger partial charge in [0.2, 0.25) is 0 Å². The Balaban J connectivity index is 1.49. The van der Waals surface area contributed by atoms with Crippen molar-refractivity contribution >= 4 is 5.91 Å². The van der Waals surface area contributed by atoms with Gasteiger partial charge in [0.05, 0.1) is 24.9 Å². The van der Waals surface area contributed by atoms with Crippen molar-refractivity contribution in [3.8, 4) is 11.3 Å². The molecule has 1 amide bonds. The Hall–Kier alpha value is -2.96. The first kappa shape index (κ1) is 18.4. The first-order valence-corrected chi connectivity index (χ1v) is 9.56. The van der Waals surface area contributed by atoms with Gasteiger partial charge in [-0.05, 0) is 11.6 Å². The Labute approximate surface area is 164 Å². The average molecular weight is 376 g/mol. The molecule has 0 radical (unpaired) electrons. The van der Waals surface area contributed by atoms with Gasteiger partial charge in [-0.25, -0.2) is 0 Å². The molecule has 1 aromatic heterocycles. The standard InChI is InChI=1S/C22H24N4O2/c27-22(20-15-19(24-25-20)17-7-3-1-4-8-17)23-21(18-9-5-2-6-10-18)16-26-11-13-28-14-12-26/h1-10,15,21H,11-14,16H2,(H,23,27)(H,24,25). The number of ether oxygens (including phenoxy) is 1. The number of nitrogens with zero attached hydrogens (tertiary/aromatic N) is 2. The number of hydrogen-bond donors (Lipinski definition) is 2. The van der Waals surface area contributed by atoms with Crippen LogP contribution in [0.15, 0.2) is 66.7 Å². The summed E-state index contributed by atoms with van der Waals surface area (Å²) >= 11 is 0. The van der Waals surface area contributed by atoms with E-state index in [4.69, 9.17) is 4.74 Å². The van der Waals surface area contributed by atoms with Gasteiger partial charge < -0.3 is 10.1 Å². The number of aromatic nitrogens is 2. The van der Waals surface area contributed by atoms with E-state index in [9.17, 15) is 4.79 Å². The lowest BCUT2D eigenvalue weighted by Crippen LogP contribution is -2.43. The van der Waals surface area contributed by atoms with E-state index in [-0.39, 0.29) is 11.9 Å². The third-order valence-corrected chi connectivity index (χ3v) is 4.94. The zero-order chi connectivity index (χ0) is 19.2. The van der Waals surface area contributed by atoms with E-state index >= 15 is 0 Å². The highest BCUT2D eigenvalue weighted by atomic mass is 16.5. The maximum absolute atomic E-state index is 12.9. The topological polar surface area (TPSA) is 70.2 Å². The van der Waals surface area contributed by atoms with Crippen molar-refractivity contribution in [2.45, 2.75) is 6.04 Å². The Morgan fingerprint density at radius 1 is 1.07 bits per heavy atom. The van der Waals surface area contributed by atoms with Crippen LogP contribution in [-0.2, 0) is 4.74 Å². The molecule has 0 bridgehead atoms. The van der Waals surface area contributed by atoms with Crippen LogP contribution in [0.25, 0.3) is 11.3 Å². The molecule has 6 nitrogen and oxygen atoms in total. The van der Waals surface area contributed by atoms with Crippen LogP contribution in [0, 0.1) is 0 Å². The Morgan fingerprint density at radius 3 is 2.46 bits per heavy atom. The van der Waals surface area contributed by atoms with E-state index in [1.807, 2.05) is 60.7 Å². The van der Waals surface area contributed by atoms with Gasteiger partial charge in [0.25, 0.3) is 5.91 Å². The van der Waals surface area contributed by atoms with Crippen molar-refractivity contribution in [1.29, 1.82) is 0 Å². The number of rotatable bonds is 6. The molecule has 0 spiro atoms. The fraction of sp³-hybridized carbons (Fsp3) is 0.273. The second-order valence-corrected chi connectivity index (χ2v) is 6.88.